The van der Waals surface area contributed by atoms with Crippen LogP contribution in [0.5, 0.6) is 0 Å². The smallest absolute Gasteiger partial charge is 0.335 e. The van der Waals surface area contributed by atoms with E-state index in [4.69, 9.17) is 42.6 Å². The molecular weight excluding hydrogens is 858 g/mol. The van der Waals surface area contributed by atoms with Crippen molar-refractivity contribution in [2.24, 2.45) is 0 Å². The van der Waals surface area contributed by atoms with Crippen LogP contribution in [0.4, 0.5) is 0 Å². The molecule has 25 atom stereocenters. The van der Waals surface area contributed by atoms with Gasteiger partial charge in [0, 0.05) is 20.8 Å². The van der Waals surface area contributed by atoms with Gasteiger partial charge in [-0.3, -0.25) is 14.4 Å². The van der Waals surface area contributed by atoms with Crippen LogP contribution in [-0.4, -0.2) is 240 Å². The van der Waals surface area contributed by atoms with Crippen molar-refractivity contribution in [3.05, 3.63) is 0 Å². The molecule has 63 heavy (non-hydrogen) atoms. The molecule has 5 heterocycles. The molecule has 5 aliphatic rings. The van der Waals surface area contributed by atoms with Crippen LogP contribution in [0.15, 0.2) is 0 Å². The third-order valence-electron chi connectivity index (χ3n) is 11.4. The number of amides is 3. The van der Waals surface area contributed by atoms with Crippen LogP contribution in [-0.2, 0) is 61.8 Å². The fourth-order valence-corrected chi connectivity index (χ4v) is 8.06. The minimum Gasteiger partial charge on any atom is -0.479 e. The van der Waals surface area contributed by atoms with Crippen LogP contribution >= 0.6 is 0 Å². The Kier molecular flexibility index (Phi) is 17.2. The fraction of sp³-hybridized carbons (Fsp3) is 0.889. The second kappa shape index (κ2) is 21.2. The van der Waals surface area contributed by atoms with Crippen LogP contribution in [0.3, 0.4) is 0 Å². The summed E-state index contributed by atoms with van der Waals surface area (Å²) in [4.78, 5) is 49.8. The lowest BCUT2D eigenvalue weighted by molar-refractivity contribution is -0.388. The maximum Gasteiger partial charge on any atom is 0.335 e. The number of hydrogen-bond donors (Lipinski definition) is 14. The number of carbonyl (C=O) groups is 4. The van der Waals surface area contributed by atoms with Crippen molar-refractivity contribution in [1.29, 1.82) is 0 Å². The first-order valence-corrected chi connectivity index (χ1v) is 20.1. The highest BCUT2D eigenvalue weighted by Gasteiger charge is 2.58. The lowest BCUT2D eigenvalue weighted by Gasteiger charge is -2.52. The Bertz CT molecular complexity index is 1580. The van der Waals surface area contributed by atoms with Crippen LogP contribution in [0.1, 0.15) is 41.5 Å². The number of carboxylic acids is 1. The van der Waals surface area contributed by atoms with Crippen molar-refractivity contribution < 1.29 is 118 Å². The van der Waals surface area contributed by atoms with E-state index in [1.807, 2.05) is 0 Å². The van der Waals surface area contributed by atoms with Crippen molar-refractivity contribution in [3.8, 4) is 0 Å². The maximum atomic E-state index is 13.0. The zero-order chi connectivity index (χ0) is 46.9. The first kappa shape index (κ1) is 51.1. The predicted molar refractivity (Wildman–Crippen MR) is 198 cm³/mol. The maximum absolute atomic E-state index is 13.0. The molecule has 0 spiro atoms. The van der Waals surface area contributed by atoms with Crippen molar-refractivity contribution >= 4 is 23.7 Å². The monoisotopic (exact) mass is 917 g/mol. The van der Waals surface area contributed by atoms with E-state index in [0.717, 1.165) is 20.8 Å². The highest BCUT2D eigenvalue weighted by molar-refractivity contribution is 5.74. The molecule has 5 saturated heterocycles. The summed E-state index contributed by atoms with van der Waals surface area (Å²) in [5.74, 6) is -4.05. The highest BCUT2D eigenvalue weighted by Crippen LogP contribution is 2.37. The van der Waals surface area contributed by atoms with E-state index in [2.05, 4.69) is 16.0 Å². The van der Waals surface area contributed by atoms with E-state index in [9.17, 15) is 75.3 Å². The Balaban J connectivity index is 1.60. The average Bonchev–Trinajstić information content (AvgIpc) is 3.20. The highest BCUT2D eigenvalue weighted by atomic mass is 16.8. The molecular formula is C36H59N3O24. The molecule has 5 rings (SSSR count). The van der Waals surface area contributed by atoms with Crippen LogP contribution in [0, 0.1) is 0 Å². The summed E-state index contributed by atoms with van der Waals surface area (Å²) < 4.78 is 53.3. The topological polar surface area (TPSA) is 410 Å². The molecule has 27 heteroatoms. The van der Waals surface area contributed by atoms with Gasteiger partial charge in [0.05, 0.1) is 24.9 Å². The summed E-state index contributed by atoms with van der Waals surface area (Å²) >= 11 is 0. The number of aliphatic hydroxyl groups is 10. The van der Waals surface area contributed by atoms with Gasteiger partial charge in [0.2, 0.25) is 17.7 Å². The number of aliphatic hydroxyl groups excluding tert-OH is 10. The van der Waals surface area contributed by atoms with Crippen LogP contribution in [0.25, 0.3) is 0 Å². The first-order chi connectivity index (χ1) is 29.5. The van der Waals surface area contributed by atoms with Gasteiger partial charge in [0.15, 0.2) is 37.6 Å². The molecule has 0 aromatic rings. The van der Waals surface area contributed by atoms with E-state index in [-0.39, 0.29) is 0 Å². The van der Waals surface area contributed by atoms with Gasteiger partial charge in [-0.05, 0) is 20.8 Å². The molecule has 0 aromatic heterocycles. The summed E-state index contributed by atoms with van der Waals surface area (Å²) in [6, 6.07) is -4.75. The third kappa shape index (κ3) is 11.2. The van der Waals surface area contributed by atoms with Crippen molar-refractivity contribution in [2.75, 3.05) is 6.61 Å². The summed E-state index contributed by atoms with van der Waals surface area (Å²) in [7, 11) is 0. The number of ether oxygens (including phenoxy) is 9. The number of nitrogens with one attached hydrogen (secondary N) is 3. The molecule has 0 aliphatic carbocycles. The molecule has 5 aliphatic heterocycles. The molecule has 0 saturated carbocycles. The van der Waals surface area contributed by atoms with Gasteiger partial charge in [-0.2, -0.15) is 0 Å². The van der Waals surface area contributed by atoms with Crippen molar-refractivity contribution in [3.63, 3.8) is 0 Å². The minimum atomic E-state index is -2.26. The summed E-state index contributed by atoms with van der Waals surface area (Å²) in [5.41, 5.74) is 0. The minimum absolute atomic E-state index is 0.683. The van der Waals surface area contributed by atoms with E-state index >= 15 is 0 Å². The standard InChI is InChI=1S/C36H59N3O24/c1-8-18(44)21(47)15(37-11(4)41)33(56-8)63-30-24(50)23(49)29(31(52)53)62-36(30)61-28-17(39-13(6)43)34(60-27-16(38-12(5)42)32(54)55-9(2)19(27)45)57-10(3)26(28)59-35-25(51)22(48)20(46)14(7-40)58-35/h8-10,14-30,32-36,40,44-51,54H,7H2,1-6H3,(H,37,41)(H,38,42)(H,39,43)(H,52,53)/t8?,9?,10?,14?,15-,16?,17?,18?,19-,20?,21?,22?,23?,24?,25?,26?,27?,28?,29?,30?,32?,33?,34?,35?,36?/m0/s1. The van der Waals surface area contributed by atoms with E-state index in [1.165, 1.54) is 20.8 Å². The van der Waals surface area contributed by atoms with Gasteiger partial charge in [-0.15, -0.1) is 0 Å². The van der Waals surface area contributed by atoms with Crippen molar-refractivity contribution in [2.45, 2.75) is 195 Å². The van der Waals surface area contributed by atoms with Gasteiger partial charge < -0.3 is 115 Å². The number of hydrogen-bond acceptors (Lipinski definition) is 23. The molecule has 14 N–H and O–H groups in total. The van der Waals surface area contributed by atoms with Crippen LogP contribution in [0.2, 0.25) is 0 Å². The Morgan fingerprint density at radius 2 is 0.968 bits per heavy atom. The van der Waals surface area contributed by atoms with Crippen molar-refractivity contribution in [1.82, 2.24) is 16.0 Å². The third-order valence-corrected chi connectivity index (χ3v) is 11.4. The zero-order valence-corrected chi connectivity index (χ0v) is 34.9. The fourth-order valence-electron chi connectivity index (χ4n) is 8.06. The molecule has 0 bridgehead atoms. The van der Waals surface area contributed by atoms with E-state index in [1.54, 1.807) is 0 Å². The quantitative estimate of drug-likeness (QED) is 0.0816. The summed E-state index contributed by atoms with van der Waals surface area (Å²) in [6.45, 7) is 6.40. The number of aliphatic carboxylic acids is 1. The largest absolute Gasteiger partial charge is 0.479 e. The molecule has 23 unspecified atom stereocenters. The normalized spacial score (nSPS) is 48.2. The molecule has 0 radical (unpaired) electrons. The first-order valence-electron chi connectivity index (χ1n) is 20.1. The molecule has 362 valence electrons. The molecule has 5 fully saturated rings. The Hall–Kier alpha value is -2.88. The van der Waals surface area contributed by atoms with Gasteiger partial charge in [0.25, 0.3) is 0 Å². The van der Waals surface area contributed by atoms with Gasteiger partial charge >= 0.3 is 5.97 Å². The number of carboxylic acid groups (broad SMARTS) is 1. The Morgan fingerprint density at radius 3 is 1.56 bits per heavy atom. The SMILES string of the molecule is CC(=O)NC1C(OC2C(NC(C)=O)C(O)OC(C)[C@@H]2O)OC(C)C(OC2OC(CO)C(O)C(O)C2O)C1OC1OC(C(=O)O)C(O)C(O)C1OC1OC(C)C(O)C(O)[C@@H]1NC(C)=O. The Morgan fingerprint density at radius 1 is 0.460 bits per heavy atom. The van der Waals surface area contributed by atoms with Gasteiger partial charge in [0.1, 0.15) is 97.5 Å². The lowest BCUT2D eigenvalue weighted by Crippen LogP contribution is -2.71. The second-order valence-corrected chi connectivity index (χ2v) is 16.1. The predicted octanol–water partition coefficient (Wildman–Crippen LogP) is -8.32. The average molecular weight is 918 g/mol. The van der Waals surface area contributed by atoms with Crippen LogP contribution < -0.4 is 16.0 Å². The van der Waals surface area contributed by atoms with E-state index in [0.29, 0.717) is 0 Å². The number of carbonyl (C=O) groups excluding carboxylic acids is 3. The molecule has 0 aromatic carbocycles. The zero-order valence-electron chi connectivity index (χ0n) is 34.9. The number of rotatable bonds is 13. The van der Waals surface area contributed by atoms with Gasteiger partial charge in [-0.25, -0.2) is 4.79 Å². The van der Waals surface area contributed by atoms with E-state index < -0.39 is 184 Å². The molecule has 3 amide bonds. The summed E-state index contributed by atoms with van der Waals surface area (Å²) in [5, 5.41) is 125. The lowest BCUT2D eigenvalue weighted by atomic mass is 9.93. The Labute approximate surface area is 359 Å². The summed E-state index contributed by atoms with van der Waals surface area (Å²) in [6.07, 6.45) is -39.3. The molecule has 27 nitrogen and oxygen atoms in total. The second-order valence-electron chi connectivity index (χ2n) is 16.1. The van der Waals surface area contributed by atoms with Gasteiger partial charge in [-0.1, -0.05) is 0 Å².